The molecule has 2 unspecified atom stereocenters. The van der Waals surface area contributed by atoms with E-state index in [1.807, 2.05) is 0 Å². The Balaban J connectivity index is 2.12. The second-order valence-electron chi connectivity index (χ2n) is 6.85. The summed E-state index contributed by atoms with van der Waals surface area (Å²) in [7, 11) is 1.36. The van der Waals surface area contributed by atoms with Crippen LogP contribution in [0.25, 0.3) is 0 Å². The van der Waals surface area contributed by atoms with Gasteiger partial charge in [0.15, 0.2) is 17.6 Å². The van der Waals surface area contributed by atoms with Gasteiger partial charge < -0.3 is 28.8 Å². The highest BCUT2D eigenvalue weighted by Gasteiger charge is 2.43. The summed E-state index contributed by atoms with van der Waals surface area (Å²) in [5.74, 6) is -2.98. The molecule has 1 N–H and O–H groups in total. The first-order chi connectivity index (χ1) is 15.1. The molecule has 0 bridgehead atoms. The van der Waals surface area contributed by atoms with Crippen LogP contribution in [0.15, 0.2) is 30.3 Å². The minimum absolute atomic E-state index is 0.0670. The van der Waals surface area contributed by atoms with E-state index in [0.29, 0.717) is 5.56 Å². The van der Waals surface area contributed by atoms with Crippen LogP contribution in [0.3, 0.4) is 0 Å². The number of rotatable bonds is 5. The molecule has 0 spiro atoms. The van der Waals surface area contributed by atoms with Crippen LogP contribution in [0.1, 0.15) is 42.8 Å². The Hall–Kier alpha value is -4.08. The summed E-state index contributed by atoms with van der Waals surface area (Å²) in [6.45, 7) is 3.50. The first-order valence-corrected chi connectivity index (χ1v) is 9.40. The van der Waals surface area contributed by atoms with Gasteiger partial charge in [-0.25, -0.2) is 0 Å². The molecule has 1 heterocycles. The van der Waals surface area contributed by atoms with Crippen LogP contribution in [-0.2, 0) is 19.1 Å². The molecular weight excluding hydrogens is 424 g/mol. The highest BCUT2D eigenvalue weighted by atomic mass is 16.6. The molecule has 1 aliphatic heterocycles. The SMILES string of the molecule is COc1cc(C2Oc3cc(O)cc(OC(C)=O)c3C(=O)C2OC(C)=O)ccc1OC(C)=O. The number of phenols is 1. The van der Waals surface area contributed by atoms with Crippen molar-refractivity contribution >= 4 is 23.7 Å². The number of phenolic OH excluding ortho intramolecular Hbond substituents is 1. The fourth-order valence-electron chi connectivity index (χ4n) is 3.26. The predicted octanol–water partition coefficient (Wildman–Crippen LogP) is 2.50. The van der Waals surface area contributed by atoms with Crippen LogP contribution >= 0.6 is 0 Å². The van der Waals surface area contributed by atoms with Gasteiger partial charge in [0.25, 0.3) is 0 Å². The van der Waals surface area contributed by atoms with Crippen LogP contribution in [0.2, 0.25) is 0 Å². The number of ketones is 1. The molecule has 10 heteroatoms. The lowest BCUT2D eigenvalue weighted by atomic mass is 9.92. The largest absolute Gasteiger partial charge is 0.508 e. The Morgan fingerprint density at radius 2 is 1.56 bits per heavy atom. The number of carbonyl (C=O) groups is 4. The van der Waals surface area contributed by atoms with Gasteiger partial charge in [-0.05, 0) is 12.1 Å². The monoisotopic (exact) mass is 444 g/mol. The Kier molecular flexibility index (Phi) is 6.33. The molecule has 0 fully saturated rings. The molecular formula is C22H20O10. The summed E-state index contributed by atoms with van der Waals surface area (Å²) >= 11 is 0. The number of Topliss-reactive ketones (excluding diaryl/α,β-unsaturated/α-hetero) is 1. The smallest absolute Gasteiger partial charge is 0.308 e. The molecule has 32 heavy (non-hydrogen) atoms. The molecule has 168 valence electrons. The zero-order valence-corrected chi connectivity index (χ0v) is 17.7. The fraction of sp³-hybridized carbons (Fsp3) is 0.273. The molecule has 2 aromatic carbocycles. The van der Waals surface area contributed by atoms with Crippen molar-refractivity contribution in [1.29, 1.82) is 0 Å². The summed E-state index contributed by atoms with van der Waals surface area (Å²) in [6.07, 6.45) is -2.56. The topological polar surface area (TPSA) is 135 Å². The lowest BCUT2D eigenvalue weighted by molar-refractivity contribution is -0.149. The van der Waals surface area contributed by atoms with Crippen LogP contribution in [0.4, 0.5) is 0 Å². The molecule has 2 aromatic rings. The first-order valence-electron chi connectivity index (χ1n) is 9.40. The van der Waals surface area contributed by atoms with E-state index in [0.717, 1.165) is 19.9 Å². The normalized spacial score (nSPS) is 16.9. The van der Waals surface area contributed by atoms with E-state index in [2.05, 4.69) is 0 Å². The average molecular weight is 444 g/mol. The van der Waals surface area contributed by atoms with Crippen LogP contribution in [-0.4, -0.2) is 42.0 Å². The maximum atomic E-state index is 13.3. The van der Waals surface area contributed by atoms with Crippen molar-refractivity contribution in [3.8, 4) is 28.7 Å². The molecule has 0 saturated heterocycles. The number of hydrogen-bond donors (Lipinski definition) is 1. The van der Waals surface area contributed by atoms with Gasteiger partial charge in [0.05, 0.1) is 7.11 Å². The molecule has 0 radical (unpaired) electrons. The summed E-state index contributed by atoms with van der Waals surface area (Å²) < 4.78 is 26.5. The molecule has 0 aliphatic carbocycles. The maximum absolute atomic E-state index is 13.3. The van der Waals surface area contributed by atoms with E-state index in [9.17, 15) is 24.3 Å². The van der Waals surface area contributed by atoms with Crippen molar-refractivity contribution < 1.29 is 48.0 Å². The number of ether oxygens (including phenoxy) is 5. The number of esters is 3. The van der Waals surface area contributed by atoms with Crippen molar-refractivity contribution in [2.75, 3.05) is 7.11 Å². The van der Waals surface area contributed by atoms with E-state index in [1.165, 1.54) is 38.3 Å². The van der Waals surface area contributed by atoms with Crippen molar-refractivity contribution in [2.24, 2.45) is 0 Å². The van der Waals surface area contributed by atoms with Crippen LogP contribution in [0.5, 0.6) is 28.7 Å². The molecule has 3 rings (SSSR count). The Morgan fingerprint density at radius 3 is 2.16 bits per heavy atom. The quantitative estimate of drug-likeness (QED) is 0.541. The zero-order valence-electron chi connectivity index (χ0n) is 17.7. The number of aromatic hydroxyl groups is 1. The van der Waals surface area contributed by atoms with Gasteiger partial charge in [0, 0.05) is 38.5 Å². The maximum Gasteiger partial charge on any atom is 0.308 e. The van der Waals surface area contributed by atoms with Crippen molar-refractivity contribution in [1.82, 2.24) is 0 Å². The lowest BCUT2D eigenvalue weighted by Gasteiger charge is -2.33. The van der Waals surface area contributed by atoms with Gasteiger partial charge in [-0.3, -0.25) is 19.2 Å². The van der Waals surface area contributed by atoms with Gasteiger partial charge in [-0.15, -0.1) is 0 Å². The van der Waals surface area contributed by atoms with Gasteiger partial charge in [-0.2, -0.15) is 0 Å². The second-order valence-corrected chi connectivity index (χ2v) is 6.85. The van der Waals surface area contributed by atoms with Crippen molar-refractivity contribution in [3.05, 3.63) is 41.5 Å². The molecule has 0 aromatic heterocycles. The molecule has 0 saturated carbocycles. The van der Waals surface area contributed by atoms with E-state index in [1.54, 1.807) is 0 Å². The number of carbonyl (C=O) groups excluding carboxylic acids is 4. The first kappa shape index (κ1) is 22.6. The molecule has 1 aliphatic rings. The third kappa shape index (κ3) is 4.64. The molecule has 10 nitrogen and oxygen atoms in total. The van der Waals surface area contributed by atoms with E-state index in [-0.39, 0.29) is 34.3 Å². The Bertz CT molecular complexity index is 1100. The number of benzene rings is 2. The standard InChI is InChI=1S/C22H20O10/c1-10(23)29-15-6-5-13(7-16(15)28-4)21-22(31-12(3)25)20(27)19-17(30-11(2)24)8-14(26)9-18(19)32-21/h5-9,21-22,26H,1-4H3. The van der Waals surface area contributed by atoms with Gasteiger partial charge in [0.1, 0.15) is 22.8 Å². The van der Waals surface area contributed by atoms with Crippen LogP contribution in [0, 0.1) is 0 Å². The number of fused-ring (bicyclic) bond motifs is 1. The third-order valence-corrected chi connectivity index (χ3v) is 4.40. The number of hydrogen-bond acceptors (Lipinski definition) is 10. The summed E-state index contributed by atoms with van der Waals surface area (Å²) in [5, 5.41) is 10.0. The van der Waals surface area contributed by atoms with Gasteiger partial charge in [0.2, 0.25) is 11.9 Å². The fourth-order valence-corrected chi connectivity index (χ4v) is 3.26. The summed E-state index contributed by atoms with van der Waals surface area (Å²) in [5.41, 5.74) is 0.212. The second kappa shape index (κ2) is 8.96. The van der Waals surface area contributed by atoms with Crippen molar-refractivity contribution in [3.63, 3.8) is 0 Å². The summed E-state index contributed by atoms with van der Waals surface area (Å²) in [4.78, 5) is 47.8. The minimum atomic E-state index is -1.43. The molecule has 0 amide bonds. The Labute approximate surface area is 182 Å². The molecule has 2 atom stereocenters. The van der Waals surface area contributed by atoms with Gasteiger partial charge in [-0.1, -0.05) is 6.07 Å². The number of methoxy groups -OCH3 is 1. The highest BCUT2D eigenvalue weighted by Crippen LogP contribution is 2.44. The minimum Gasteiger partial charge on any atom is -0.508 e. The summed E-state index contributed by atoms with van der Waals surface area (Å²) in [6, 6.07) is 6.69. The van der Waals surface area contributed by atoms with E-state index < -0.39 is 35.9 Å². The Morgan fingerprint density at radius 1 is 0.906 bits per heavy atom. The van der Waals surface area contributed by atoms with Crippen LogP contribution < -0.4 is 18.9 Å². The third-order valence-electron chi connectivity index (χ3n) is 4.40. The lowest BCUT2D eigenvalue weighted by Crippen LogP contribution is -2.40. The average Bonchev–Trinajstić information content (AvgIpc) is 2.68. The zero-order chi connectivity index (χ0) is 23.6. The highest BCUT2D eigenvalue weighted by molar-refractivity contribution is 6.07. The van der Waals surface area contributed by atoms with E-state index >= 15 is 0 Å². The predicted molar refractivity (Wildman–Crippen MR) is 107 cm³/mol. The van der Waals surface area contributed by atoms with Crippen molar-refractivity contribution in [2.45, 2.75) is 33.0 Å². The van der Waals surface area contributed by atoms with Gasteiger partial charge >= 0.3 is 17.9 Å². The van der Waals surface area contributed by atoms with E-state index in [4.69, 9.17) is 23.7 Å².